The summed E-state index contributed by atoms with van der Waals surface area (Å²) >= 11 is 0. The van der Waals surface area contributed by atoms with Gasteiger partial charge in [0.05, 0.1) is 18.8 Å². The van der Waals surface area contributed by atoms with E-state index >= 15 is 0 Å². The second kappa shape index (κ2) is 6.62. The fourth-order valence-corrected chi connectivity index (χ4v) is 1.48. The standard InChI is InChI=1S/C11H22N4O/c1-4-15-8-10(7-13-15)11(9-16)12-5-6-14(2)3/h7-8,11-12,16H,4-6,9H2,1-3H3. The van der Waals surface area contributed by atoms with E-state index in [0.29, 0.717) is 0 Å². The molecule has 0 saturated heterocycles. The predicted molar refractivity (Wildman–Crippen MR) is 64.3 cm³/mol. The zero-order chi connectivity index (χ0) is 12.0. The molecule has 5 nitrogen and oxygen atoms in total. The van der Waals surface area contributed by atoms with Crippen molar-refractivity contribution in [3.8, 4) is 0 Å². The summed E-state index contributed by atoms with van der Waals surface area (Å²) in [6.45, 7) is 4.82. The minimum atomic E-state index is -0.0137. The van der Waals surface area contributed by atoms with E-state index in [1.165, 1.54) is 0 Å². The summed E-state index contributed by atoms with van der Waals surface area (Å²) in [5.41, 5.74) is 1.04. The van der Waals surface area contributed by atoms with Crippen LogP contribution in [0.5, 0.6) is 0 Å². The molecule has 0 aliphatic rings. The lowest BCUT2D eigenvalue weighted by Gasteiger charge is -2.16. The van der Waals surface area contributed by atoms with Crippen molar-refractivity contribution in [1.82, 2.24) is 20.0 Å². The van der Waals surface area contributed by atoms with Gasteiger partial charge in [-0.15, -0.1) is 0 Å². The number of aliphatic hydroxyl groups is 1. The van der Waals surface area contributed by atoms with Crippen molar-refractivity contribution >= 4 is 0 Å². The highest BCUT2D eigenvalue weighted by molar-refractivity contribution is 5.10. The minimum absolute atomic E-state index is 0.0137. The molecule has 0 saturated carbocycles. The average Bonchev–Trinajstić information content (AvgIpc) is 2.72. The van der Waals surface area contributed by atoms with Gasteiger partial charge in [0, 0.05) is 31.4 Å². The summed E-state index contributed by atoms with van der Waals surface area (Å²) in [5, 5.41) is 16.8. The van der Waals surface area contributed by atoms with E-state index in [0.717, 1.165) is 25.2 Å². The number of hydrogen-bond donors (Lipinski definition) is 2. The zero-order valence-electron chi connectivity index (χ0n) is 10.3. The van der Waals surface area contributed by atoms with Crippen LogP contribution in [0.1, 0.15) is 18.5 Å². The van der Waals surface area contributed by atoms with Gasteiger partial charge in [-0.2, -0.15) is 5.10 Å². The van der Waals surface area contributed by atoms with E-state index in [-0.39, 0.29) is 12.6 Å². The Balaban J connectivity index is 2.46. The Morgan fingerprint density at radius 3 is 2.81 bits per heavy atom. The van der Waals surface area contributed by atoms with Crippen LogP contribution in [0.15, 0.2) is 12.4 Å². The van der Waals surface area contributed by atoms with Gasteiger partial charge in [0.1, 0.15) is 0 Å². The molecule has 1 rings (SSSR count). The predicted octanol–water partition coefficient (Wildman–Crippen LogP) is 0.0876. The van der Waals surface area contributed by atoms with Crippen molar-refractivity contribution in [1.29, 1.82) is 0 Å². The van der Waals surface area contributed by atoms with Crippen molar-refractivity contribution in [2.75, 3.05) is 33.8 Å². The fourth-order valence-electron chi connectivity index (χ4n) is 1.48. The van der Waals surface area contributed by atoms with Crippen LogP contribution in [0.25, 0.3) is 0 Å². The number of nitrogens with one attached hydrogen (secondary N) is 1. The maximum atomic E-state index is 9.31. The van der Waals surface area contributed by atoms with Crippen molar-refractivity contribution < 1.29 is 5.11 Å². The first-order chi connectivity index (χ1) is 7.67. The third-order valence-corrected chi connectivity index (χ3v) is 2.51. The molecule has 1 unspecified atom stereocenters. The summed E-state index contributed by atoms with van der Waals surface area (Å²) in [7, 11) is 4.06. The van der Waals surface area contributed by atoms with Gasteiger partial charge in [0.2, 0.25) is 0 Å². The highest BCUT2D eigenvalue weighted by Gasteiger charge is 2.11. The molecule has 1 aromatic heterocycles. The van der Waals surface area contributed by atoms with Crippen molar-refractivity contribution in [3.05, 3.63) is 18.0 Å². The van der Waals surface area contributed by atoms with Crippen LogP contribution in [-0.2, 0) is 6.54 Å². The number of aryl methyl sites for hydroxylation is 1. The number of rotatable bonds is 7. The fraction of sp³-hybridized carbons (Fsp3) is 0.727. The van der Waals surface area contributed by atoms with Gasteiger partial charge in [-0.1, -0.05) is 0 Å². The molecule has 16 heavy (non-hydrogen) atoms. The van der Waals surface area contributed by atoms with Gasteiger partial charge in [0.15, 0.2) is 0 Å². The molecule has 0 spiro atoms. The molecular formula is C11H22N4O. The van der Waals surface area contributed by atoms with Crippen LogP contribution < -0.4 is 5.32 Å². The molecule has 92 valence electrons. The molecule has 0 aliphatic heterocycles. The second-order valence-corrected chi connectivity index (χ2v) is 4.12. The van der Waals surface area contributed by atoms with Gasteiger partial charge in [-0.25, -0.2) is 0 Å². The third-order valence-electron chi connectivity index (χ3n) is 2.51. The van der Waals surface area contributed by atoms with E-state index in [2.05, 4.69) is 15.3 Å². The molecule has 1 aromatic rings. The lowest BCUT2D eigenvalue weighted by Crippen LogP contribution is -2.31. The smallest absolute Gasteiger partial charge is 0.0627 e. The summed E-state index contributed by atoms with van der Waals surface area (Å²) in [6, 6.07) is -0.0137. The molecule has 0 radical (unpaired) electrons. The van der Waals surface area contributed by atoms with E-state index in [9.17, 15) is 5.11 Å². The number of aliphatic hydroxyl groups excluding tert-OH is 1. The molecule has 2 N–H and O–H groups in total. The first-order valence-electron chi connectivity index (χ1n) is 5.68. The maximum absolute atomic E-state index is 9.31. The van der Waals surface area contributed by atoms with Crippen LogP contribution >= 0.6 is 0 Å². The highest BCUT2D eigenvalue weighted by Crippen LogP contribution is 2.10. The monoisotopic (exact) mass is 226 g/mol. The van der Waals surface area contributed by atoms with Gasteiger partial charge in [-0.05, 0) is 21.0 Å². The Morgan fingerprint density at radius 1 is 1.56 bits per heavy atom. The molecule has 0 aromatic carbocycles. The Hall–Kier alpha value is -0.910. The first-order valence-corrected chi connectivity index (χ1v) is 5.68. The Labute approximate surface area is 97.1 Å². The van der Waals surface area contributed by atoms with Crippen LogP contribution in [-0.4, -0.2) is 53.6 Å². The van der Waals surface area contributed by atoms with Crippen LogP contribution in [0.3, 0.4) is 0 Å². The lowest BCUT2D eigenvalue weighted by atomic mass is 10.2. The van der Waals surface area contributed by atoms with Gasteiger partial charge < -0.3 is 15.3 Å². The van der Waals surface area contributed by atoms with E-state index in [1.807, 2.05) is 38.1 Å². The molecule has 0 bridgehead atoms. The third kappa shape index (κ3) is 3.92. The number of aromatic nitrogens is 2. The van der Waals surface area contributed by atoms with Crippen molar-refractivity contribution in [2.45, 2.75) is 19.5 Å². The number of likely N-dealkylation sites (N-methyl/N-ethyl adjacent to an activating group) is 1. The molecular weight excluding hydrogens is 204 g/mol. The van der Waals surface area contributed by atoms with Crippen molar-refractivity contribution in [3.63, 3.8) is 0 Å². The van der Waals surface area contributed by atoms with E-state index in [4.69, 9.17) is 0 Å². The summed E-state index contributed by atoms with van der Waals surface area (Å²) < 4.78 is 1.87. The topological polar surface area (TPSA) is 53.3 Å². The van der Waals surface area contributed by atoms with Gasteiger partial charge in [-0.3, -0.25) is 4.68 Å². The van der Waals surface area contributed by atoms with Gasteiger partial charge in [0.25, 0.3) is 0 Å². The second-order valence-electron chi connectivity index (χ2n) is 4.12. The normalized spacial score (nSPS) is 13.3. The van der Waals surface area contributed by atoms with Crippen LogP contribution in [0, 0.1) is 0 Å². The minimum Gasteiger partial charge on any atom is -0.394 e. The molecule has 1 atom stereocenters. The number of nitrogens with zero attached hydrogens (tertiary/aromatic N) is 3. The SMILES string of the molecule is CCn1cc(C(CO)NCCN(C)C)cn1. The molecule has 0 fully saturated rings. The Morgan fingerprint density at radius 2 is 2.31 bits per heavy atom. The lowest BCUT2D eigenvalue weighted by molar-refractivity contribution is 0.240. The largest absolute Gasteiger partial charge is 0.394 e. The Kier molecular flexibility index (Phi) is 5.45. The summed E-state index contributed by atoms with van der Waals surface area (Å²) in [4.78, 5) is 2.11. The van der Waals surface area contributed by atoms with Crippen LogP contribution in [0.4, 0.5) is 0 Å². The Bertz CT molecular complexity index is 298. The maximum Gasteiger partial charge on any atom is 0.0627 e. The first kappa shape index (κ1) is 13.2. The van der Waals surface area contributed by atoms with Gasteiger partial charge >= 0.3 is 0 Å². The number of hydrogen-bond acceptors (Lipinski definition) is 4. The molecule has 1 heterocycles. The highest BCUT2D eigenvalue weighted by atomic mass is 16.3. The molecule has 0 amide bonds. The quantitative estimate of drug-likeness (QED) is 0.692. The average molecular weight is 226 g/mol. The van der Waals surface area contributed by atoms with E-state index < -0.39 is 0 Å². The van der Waals surface area contributed by atoms with Crippen LogP contribution in [0.2, 0.25) is 0 Å². The molecule has 5 heteroatoms. The zero-order valence-corrected chi connectivity index (χ0v) is 10.3. The van der Waals surface area contributed by atoms with E-state index in [1.54, 1.807) is 0 Å². The van der Waals surface area contributed by atoms with Crippen molar-refractivity contribution in [2.24, 2.45) is 0 Å². The summed E-state index contributed by atoms with van der Waals surface area (Å²) in [6.07, 6.45) is 3.79. The summed E-state index contributed by atoms with van der Waals surface area (Å²) in [5.74, 6) is 0. The molecule has 0 aliphatic carbocycles.